The topological polar surface area (TPSA) is 12.0 Å². The van der Waals surface area contributed by atoms with Crippen molar-refractivity contribution in [2.75, 3.05) is 12.8 Å². The van der Waals surface area contributed by atoms with Crippen LogP contribution in [0.2, 0.25) is 0 Å². The lowest BCUT2D eigenvalue weighted by atomic mass is 10.0. The minimum Gasteiger partial charge on any atom is -0.313 e. The number of rotatable bonds is 5. The van der Waals surface area contributed by atoms with Gasteiger partial charge in [0.15, 0.2) is 0 Å². The van der Waals surface area contributed by atoms with Crippen LogP contribution in [0.3, 0.4) is 0 Å². The van der Waals surface area contributed by atoms with E-state index < -0.39 is 0 Å². The third-order valence-electron chi connectivity index (χ3n) is 2.97. The van der Waals surface area contributed by atoms with Crippen molar-refractivity contribution in [3.63, 3.8) is 0 Å². The second-order valence-corrected chi connectivity index (χ2v) is 6.21. The van der Waals surface area contributed by atoms with E-state index >= 15 is 0 Å². The lowest BCUT2D eigenvalue weighted by molar-refractivity contribution is 0.645. The number of thioether (sulfide) groups is 1. The number of nitrogens with one attached hydrogen (secondary N) is 1. The summed E-state index contributed by atoms with van der Waals surface area (Å²) < 4.78 is 0. The van der Waals surface area contributed by atoms with Gasteiger partial charge in [0.1, 0.15) is 0 Å². The monoisotopic (exact) mass is 227 g/mol. The summed E-state index contributed by atoms with van der Waals surface area (Å²) in [6.45, 7) is 4.55. The lowest BCUT2D eigenvalue weighted by Gasteiger charge is -2.20. The Balaban J connectivity index is 2.44. The molecule has 1 unspecified atom stereocenters. The van der Waals surface area contributed by atoms with Gasteiger partial charge in [-0.05, 0) is 38.0 Å². The Morgan fingerprint density at radius 2 is 2.13 bits per heavy atom. The molecule has 15 heavy (non-hydrogen) atoms. The highest BCUT2D eigenvalue weighted by molar-refractivity contribution is 7.99. The summed E-state index contributed by atoms with van der Waals surface area (Å²) in [4.78, 5) is 0. The van der Waals surface area contributed by atoms with E-state index in [-0.39, 0.29) is 0 Å². The average molecular weight is 227 g/mol. The molecule has 0 aromatic heterocycles. The first-order chi connectivity index (χ1) is 7.24. The van der Waals surface area contributed by atoms with E-state index in [0.29, 0.717) is 6.04 Å². The van der Waals surface area contributed by atoms with Gasteiger partial charge in [0.2, 0.25) is 0 Å². The van der Waals surface area contributed by atoms with Crippen LogP contribution < -0.4 is 5.32 Å². The van der Waals surface area contributed by atoms with Crippen molar-refractivity contribution in [2.24, 2.45) is 0 Å². The fourth-order valence-corrected chi connectivity index (χ4v) is 2.98. The third-order valence-corrected chi connectivity index (χ3v) is 4.16. The Labute approximate surface area is 99.1 Å². The van der Waals surface area contributed by atoms with Crippen LogP contribution >= 0.6 is 11.8 Å². The maximum absolute atomic E-state index is 3.47. The number of hydrogen-bond donors (Lipinski definition) is 1. The van der Waals surface area contributed by atoms with Gasteiger partial charge in [-0.25, -0.2) is 0 Å². The van der Waals surface area contributed by atoms with Crippen LogP contribution in [0.4, 0.5) is 0 Å². The molecule has 1 aliphatic rings. The Kier molecular flexibility index (Phi) is 6.42. The summed E-state index contributed by atoms with van der Waals surface area (Å²) in [5.41, 5.74) is 1.66. The molecule has 0 amide bonds. The molecule has 0 fully saturated rings. The number of allylic oxidation sites excluding steroid dienone is 1. The van der Waals surface area contributed by atoms with Crippen molar-refractivity contribution in [3.05, 3.63) is 11.6 Å². The zero-order chi connectivity index (χ0) is 11.1. The lowest BCUT2D eigenvalue weighted by Crippen LogP contribution is -2.30. The summed E-state index contributed by atoms with van der Waals surface area (Å²) in [6.07, 6.45) is 9.26. The minimum atomic E-state index is 0.607. The van der Waals surface area contributed by atoms with Crippen LogP contribution in [0.1, 0.15) is 46.0 Å². The third kappa shape index (κ3) is 5.07. The molecule has 1 N–H and O–H groups in total. The molecule has 0 aromatic rings. The molecule has 88 valence electrons. The van der Waals surface area contributed by atoms with E-state index in [9.17, 15) is 0 Å². The summed E-state index contributed by atoms with van der Waals surface area (Å²) >= 11 is 2.06. The molecular formula is C13H25NS. The zero-order valence-electron chi connectivity index (χ0n) is 10.4. The van der Waals surface area contributed by atoms with Crippen LogP contribution in [0.25, 0.3) is 0 Å². The molecule has 1 rings (SSSR count). The maximum Gasteiger partial charge on any atom is 0.0368 e. The predicted octanol–water partition coefficient (Wildman–Crippen LogP) is 3.61. The molecule has 0 bridgehead atoms. The van der Waals surface area contributed by atoms with Gasteiger partial charge in [-0.1, -0.05) is 31.9 Å². The van der Waals surface area contributed by atoms with E-state index in [4.69, 9.17) is 0 Å². The number of hydrogen-bond acceptors (Lipinski definition) is 2. The fourth-order valence-electron chi connectivity index (χ4n) is 2.02. The van der Waals surface area contributed by atoms with Gasteiger partial charge < -0.3 is 5.32 Å². The van der Waals surface area contributed by atoms with Crippen molar-refractivity contribution in [1.29, 1.82) is 0 Å². The van der Waals surface area contributed by atoms with Crippen LogP contribution in [-0.2, 0) is 0 Å². The van der Waals surface area contributed by atoms with E-state index in [1.54, 1.807) is 5.57 Å². The average Bonchev–Trinajstić information content (AvgIpc) is 2.47. The van der Waals surface area contributed by atoms with E-state index in [1.165, 1.54) is 37.9 Å². The highest BCUT2D eigenvalue weighted by Crippen LogP contribution is 2.22. The highest BCUT2D eigenvalue weighted by atomic mass is 32.2. The standard InChI is InChI=1S/C13H25NS/c1-11(2)15-10-13(14-3)12-8-6-4-5-7-9-12/h8,11,13-14H,4-7,9-10H2,1-3H3. The van der Waals surface area contributed by atoms with E-state index in [1.807, 2.05) is 0 Å². The van der Waals surface area contributed by atoms with Crippen molar-refractivity contribution < 1.29 is 0 Å². The first-order valence-corrected chi connectivity index (χ1v) is 7.26. The Morgan fingerprint density at radius 1 is 1.33 bits per heavy atom. The summed E-state index contributed by atoms with van der Waals surface area (Å²) in [6, 6.07) is 0.607. The molecule has 0 heterocycles. The number of likely N-dealkylation sites (N-methyl/N-ethyl adjacent to an activating group) is 1. The van der Waals surface area contributed by atoms with Crippen LogP contribution in [-0.4, -0.2) is 24.1 Å². The highest BCUT2D eigenvalue weighted by Gasteiger charge is 2.14. The molecule has 1 nitrogen and oxygen atoms in total. The molecule has 0 spiro atoms. The summed E-state index contributed by atoms with van der Waals surface area (Å²) in [5.74, 6) is 1.22. The molecule has 0 saturated carbocycles. The van der Waals surface area contributed by atoms with Crippen LogP contribution in [0.5, 0.6) is 0 Å². The minimum absolute atomic E-state index is 0.607. The Morgan fingerprint density at radius 3 is 2.80 bits per heavy atom. The van der Waals surface area contributed by atoms with Gasteiger partial charge in [0, 0.05) is 11.8 Å². The maximum atomic E-state index is 3.47. The molecule has 1 aliphatic carbocycles. The zero-order valence-corrected chi connectivity index (χ0v) is 11.2. The van der Waals surface area contributed by atoms with Crippen molar-refractivity contribution >= 4 is 11.8 Å². The molecule has 1 atom stereocenters. The summed E-state index contributed by atoms with van der Waals surface area (Å²) in [7, 11) is 2.09. The van der Waals surface area contributed by atoms with Gasteiger partial charge in [0.05, 0.1) is 0 Å². The quantitative estimate of drug-likeness (QED) is 0.720. The van der Waals surface area contributed by atoms with Gasteiger partial charge in [-0.15, -0.1) is 0 Å². The van der Waals surface area contributed by atoms with Gasteiger partial charge in [-0.2, -0.15) is 11.8 Å². The SMILES string of the molecule is CNC(CSC(C)C)C1=CCCCCC1. The first-order valence-electron chi connectivity index (χ1n) is 6.22. The van der Waals surface area contributed by atoms with Crippen molar-refractivity contribution in [3.8, 4) is 0 Å². The second-order valence-electron chi connectivity index (χ2n) is 4.60. The van der Waals surface area contributed by atoms with Gasteiger partial charge in [-0.3, -0.25) is 0 Å². The summed E-state index contributed by atoms with van der Waals surface area (Å²) in [5, 5.41) is 4.21. The van der Waals surface area contributed by atoms with Crippen molar-refractivity contribution in [1.82, 2.24) is 5.32 Å². The van der Waals surface area contributed by atoms with Crippen molar-refractivity contribution in [2.45, 2.75) is 57.2 Å². The largest absolute Gasteiger partial charge is 0.313 e. The smallest absolute Gasteiger partial charge is 0.0368 e. The first kappa shape index (κ1) is 13.1. The fraction of sp³-hybridized carbons (Fsp3) is 0.846. The molecule has 2 heteroatoms. The Bertz CT molecular complexity index is 199. The van der Waals surface area contributed by atoms with Gasteiger partial charge >= 0.3 is 0 Å². The molecule has 0 radical (unpaired) electrons. The predicted molar refractivity (Wildman–Crippen MR) is 71.6 cm³/mol. The normalized spacial score (nSPS) is 19.9. The molecule has 0 saturated heterocycles. The van der Waals surface area contributed by atoms with Gasteiger partial charge in [0.25, 0.3) is 0 Å². The molecule has 0 aliphatic heterocycles. The molecular weight excluding hydrogens is 202 g/mol. The molecule has 0 aromatic carbocycles. The van der Waals surface area contributed by atoms with E-state index in [2.05, 4.69) is 44.0 Å². The van der Waals surface area contributed by atoms with Crippen LogP contribution in [0, 0.1) is 0 Å². The Hall–Kier alpha value is 0.0500. The van der Waals surface area contributed by atoms with E-state index in [0.717, 1.165) is 5.25 Å². The second kappa shape index (κ2) is 7.34. The van der Waals surface area contributed by atoms with Crippen LogP contribution in [0.15, 0.2) is 11.6 Å².